The average Bonchev–Trinajstić information content (AvgIpc) is 2.93. The minimum atomic E-state index is -4.40. The summed E-state index contributed by atoms with van der Waals surface area (Å²) in [5.41, 5.74) is -0.159. The minimum Gasteiger partial charge on any atom is -0.355 e. The highest BCUT2D eigenvalue weighted by atomic mass is 32.2. The van der Waals surface area contributed by atoms with Crippen molar-refractivity contribution < 1.29 is 18.0 Å². The lowest BCUT2D eigenvalue weighted by atomic mass is 10.2. The summed E-state index contributed by atoms with van der Waals surface area (Å²) in [6, 6.07) is 5.94. The van der Waals surface area contributed by atoms with E-state index in [1.165, 1.54) is 6.07 Å². The lowest BCUT2D eigenvalue weighted by Crippen LogP contribution is -2.35. The third kappa shape index (κ3) is 4.95. The van der Waals surface area contributed by atoms with Crippen LogP contribution in [-0.2, 0) is 6.18 Å². The molecule has 1 fully saturated rings. The van der Waals surface area contributed by atoms with Crippen molar-refractivity contribution in [2.24, 2.45) is 0 Å². The van der Waals surface area contributed by atoms with Gasteiger partial charge in [-0.2, -0.15) is 13.2 Å². The van der Waals surface area contributed by atoms with E-state index in [1.54, 1.807) is 35.0 Å². The maximum atomic E-state index is 12.8. The first-order valence-corrected chi connectivity index (χ1v) is 10.0. The van der Waals surface area contributed by atoms with Crippen LogP contribution in [0.1, 0.15) is 29.3 Å². The van der Waals surface area contributed by atoms with Gasteiger partial charge in [0.1, 0.15) is 5.82 Å². The Labute approximate surface area is 166 Å². The molecule has 1 amide bonds. The number of hydrogen-bond acceptors (Lipinski definition) is 5. The summed E-state index contributed by atoms with van der Waals surface area (Å²) in [5, 5.41) is 0.818. The van der Waals surface area contributed by atoms with Gasteiger partial charge in [-0.05, 0) is 36.4 Å². The van der Waals surface area contributed by atoms with Crippen LogP contribution in [0, 0.1) is 0 Å². The molecule has 0 atom stereocenters. The molecule has 0 spiro atoms. The first-order chi connectivity index (χ1) is 13.4. The molecule has 0 aromatic carbocycles. The number of hydrogen-bond donors (Lipinski definition) is 0. The standard InChI is InChI=1S/C19H21F3N4OS/c1-2-28-17-12-14(6-7-23-17)18(27)26-9-3-8-25(10-11-26)16-5-4-15(13-24-16)19(20,21)22/h4-7,12-13H,2-3,8-11H2,1H3. The van der Waals surface area contributed by atoms with Crippen molar-refractivity contribution in [2.45, 2.75) is 24.5 Å². The Kier molecular flexibility index (Phi) is 6.43. The summed E-state index contributed by atoms with van der Waals surface area (Å²) in [4.78, 5) is 24.7. The third-order valence-electron chi connectivity index (χ3n) is 4.46. The molecule has 0 N–H and O–H groups in total. The van der Waals surface area contributed by atoms with Crippen molar-refractivity contribution in [3.8, 4) is 0 Å². The van der Waals surface area contributed by atoms with Crippen molar-refractivity contribution in [2.75, 3.05) is 36.8 Å². The number of nitrogens with zero attached hydrogens (tertiary/aromatic N) is 4. The quantitative estimate of drug-likeness (QED) is 0.714. The zero-order valence-corrected chi connectivity index (χ0v) is 16.3. The topological polar surface area (TPSA) is 49.3 Å². The maximum absolute atomic E-state index is 12.8. The van der Waals surface area contributed by atoms with Crippen LogP contribution in [0.5, 0.6) is 0 Å². The van der Waals surface area contributed by atoms with Gasteiger partial charge in [-0.25, -0.2) is 9.97 Å². The second-order valence-corrected chi connectivity index (χ2v) is 7.64. The van der Waals surface area contributed by atoms with E-state index in [0.29, 0.717) is 37.6 Å². The molecule has 0 aliphatic carbocycles. The summed E-state index contributed by atoms with van der Waals surface area (Å²) in [5.74, 6) is 1.32. The number of anilines is 1. The monoisotopic (exact) mass is 410 g/mol. The smallest absolute Gasteiger partial charge is 0.355 e. The maximum Gasteiger partial charge on any atom is 0.417 e. The Balaban J connectivity index is 1.66. The number of pyridine rings is 2. The molecule has 0 bridgehead atoms. The van der Waals surface area contributed by atoms with Crippen molar-refractivity contribution >= 4 is 23.5 Å². The highest BCUT2D eigenvalue weighted by molar-refractivity contribution is 7.99. The molecule has 9 heteroatoms. The predicted octanol–water partition coefficient (Wildman–Crippen LogP) is 3.96. The van der Waals surface area contributed by atoms with Crippen LogP contribution in [0.2, 0.25) is 0 Å². The molecule has 3 heterocycles. The van der Waals surface area contributed by atoms with E-state index in [9.17, 15) is 18.0 Å². The Morgan fingerprint density at radius 2 is 1.96 bits per heavy atom. The van der Waals surface area contributed by atoms with Crippen LogP contribution in [0.15, 0.2) is 41.7 Å². The van der Waals surface area contributed by atoms with Gasteiger partial charge in [-0.3, -0.25) is 4.79 Å². The summed E-state index contributed by atoms with van der Waals surface area (Å²) in [7, 11) is 0. The van der Waals surface area contributed by atoms with E-state index in [1.807, 2.05) is 11.8 Å². The molecule has 2 aromatic heterocycles. The number of thioether (sulfide) groups is 1. The molecule has 2 aromatic rings. The largest absolute Gasteiger partial charge is 0.417 e. The van der Waals surface area contributed by atoms with Gasteiger partial charge in [0, 0.05) is 44.1 Å². The first-order valence-electron chi connectivity index (χ1n) is 9.05. The van der Waals surface area contributed by atoms with Crippen LogP contribution in [-0.4, -0.2) is 52.7 Å². The molecule has 1 aliphatic heterocycles. The number of aromatic nitrogens is 2. The molecular weight excluding hydrogens is 389 g/mol. The Morgan fingerprint density at radius 3 is 2.64 bits per heavy atom. The summed E-state index contributed by atoms with van der Waals surface area (Å²) >= 11 is 1.58. The van der Waals surface area contributed by atoms with Gasteiger partial charge in [-0.1, -0.05) is 6.92 Å². The summed E-state index contributed by atoms with van der Waals surface area (Å²) in [6.07, 6.45) is -1.18. The Bertz CT molecular complexity index is 814. The number of amides is 1. The molecule has 0 saturated carbocycles. The first kappa shape index (κ1) is 20.4. The molecule has 3 rings (SSSR count). The van der Waals surface area contributed by atoms with E-state index in [2.05, 4.69) is 9.97 Å². The molecule has 150 valence electrons. The van der Waals surface area contributed by atoms with Crippen molar-refractivity contribution in [3.63, 3.8) is 0 Å². The Hall–Kier alpha value is -2.29. The zero-order chi connectivity index (χ0) is 20.1. The predicted molar refractivity (Wildman–Crippen MR) is 103 cm³/mol. The van der Waals surface area contributed by atoms with E-state index in [0.717, 1.165) is 29.5 Å². The van der Waals surface area contributed by atoms with Crippen LogP contribution >= 0.6 is 11.8 Å². The van der Waals surface area contributed by atoms with E-state index in [-0.39, 0.29) is 5.91 Å². The normalized spacial score (nSPS) is 15.4. The second kappa shape index (κ2) is 8.81. The summed E-state index contributed by atoms with van der Waals surface area (Å²) < 4.78 is 38.1. The minimum absolute atomic E-state index is 0.0532. The van der Waals surface area contributed by atoms with Crippen molar-refractivity contribution in [1.82, 2.24) is 14.9 Å². The molecule has 28 heavy (non-hydrogen) atoms. The van der Waals surface area contributed by atoms with Gasteiger partial charge in [0.2, 0.25) is 0 Å². The fourth-order valence-corrected chi connectivity index (χ4v) is 3.68. The van der Waals surface area contributed by atoms with Gasteiger partial charge in [0.25, 0.3) is 5.91 Å². The molecule has 0 unspecified atom stereocenters. The lowest BCUT2D eigenvalue weighted by Gasteiger charge is -2.23. The third-order valence-corrected chi connectivity index (χ3v) is 5.26. The second-order valence-electron chi connectivity index (χ2n) is 6.35. The molecule has 1 aliphatic rings. The number of alkyl halides is 3. The highest BCUT2D eigenvalue weighted by Crippen LogP contribution is 2.29. The van der Waals surface area contributed by atoms with E-state index < -0.39 is 11.7 Å². The Morgan fingerprint density at radius 1 is 1.14 bits per heavy atom. The molecule has 0 radical (unpaired) electrons. The molecule has 5 nitrogen and oxygen atoms in total. The van der Waals surface area contributed by atoms with Gasteiger partial charge in [0.05, 0.1) is 10.6 Å². The van der Waals surface area contributed by atoms with E-state index in [4.69, 9.17) is 0 Å². The van der Waals surface area contributed by atoms with Gasteiger partial charge < -0.3 is 9.80 Å². The average molecular weight is 410 g/mol. The van der Waals surface area contributed by atoms with E-state index >= 15 is 0 Å². The molecular formula is C19H21F3N4OS. The fraction of sp³-hybridized carbons (Fsp3) is 0.421. The van der Waals surface area contributed by atoms with Gasteiger partial charge in [0.15, 0.2) is 0 Å². The number of carbonyl (C=O) groups is 1. The number of rotatable bonds is 4. The molecule has 1 saturated heterocycles. The lowest BCUT2D eigenvalue weighted by molar-refractivity contribution is -0.137. The van der Waals surface area contributed by atoms with Crippen molar-refractivity contribution in [3.05, 3.63) is 47.8 Å². The van der Waals surface area contributed by atoms with Crippen LogP contribution in [0.4, 0.5) is 19.0 Å². The number of halogens is 3. The van der Waals surface area contributed by atoms with Gasteiger partial charge in [-0.15, -0.1) is 11.8 Å². The fourth-order valence-electron chi connectivity index (χ4n) is 3.04. The van der Waals surface area contributed by atoms with Crippen LogP contribution in [0.25, 0.3) is 0 Å². The highest BCUT2D eigenvalue weighted by Gasteiger charge is 2.31. The van der Waals surface area contributed by atoms with Crippen LogP contribution < -0.4 is 4.90 Å². The summed E-state index contributed by atoms with van der Waals surface area (Å²) in [6.45, 7) is 4.26. The van der Waals surface area contributed by atoms with Gasteiger partial charge >= 0.3 is 6.18 Å². The SMILES string of the molecule is CCSc1cc(C(=O)N2CCCN(c3ccc(C(F)(F)F)cn3)CC2)ccn1. The number of carbonyl (C=O) groups excluding carboxylic acids is 1. The zero-order valence-electron chi connectivity index (χ0n) is 15.4. The van der Waals surface area contributed by atoms with Crippen LogP contribution in [0.3, 0.4) is 0 Å². The van der Waals surface area contributed by atoms with Crippen molar-refractivity contribution in [1.29, 1.82) is 0 Å².